The average Bonchev–Trinajstić information content (AvgIpc) is 2.38. The maximum atomic E-state index is 12.1. The van der Waals surface area contributed by atoms with Crippen LogP contribution in [-0.2, 0) is 4.74 Å². The fourth-order valence-electron chi connectivity index (χ4n) is 1.72. The number of aliphatic hydroxyl groups excluding tert-OH is 1. The second kappa shape index (κ2) is 5.44. The van der Waals surface area contributed by atoms with Gasteiger partial charge in [0, 0.05) is 25.5 Å². The monoisotopic (exact) mass is 256 g/mol. The summed E-state index contributed by atoms with van der Waals surface area (Å²) in [5.74, 6) is -0.176. The highest BCUT2D eigenvalue weighted by atomic mass is 35.5. The summed E-state index contributed by atoms with van der Waals surface area (Å²) in [4.78, 5) is 17.7. The van der Waals surface area contributed by atoms with Crippen LogP contribution in [0, 0.1) is 0 Å². The van der Waals surface area contributed by atoms with E-state index in [4.69, 9.17) is 21.4 Å². The third kappa shape index (κ3) is 2.74. The quantitative estimate of drug-likeness (QED) is 0.840. The molecule has 1 saturated heterocycles. The molecule has 1 atom stereocenters. The molecule has 0 spiro atoms. The first kappa shape index (κ1) is 12.3. The molecule has 0 bridgehead atoms. The summed E-state index contributed by atoms with van der Waals surface area (Å²) in [6, 6.07) is 1.58. The largest absolute Gasteiger partial charge is 0.394 e. The molecule has 6 heteroatoms. The third-order valence-electron chi connectivity index (χ3n) is 2.63. The molecular weight excluding hydrogens is 244 g/mol. The summed E-state index contributed by atoms with van der Waals surface area (Å²) in [6.45, 7) is 1.21. The Morgan fingerprint density at radius 1 is 1.71 bits per heavy atom. The minimum absolute atomic E-state index is 0.0927. The highest BCUT2D eigenvalue weighted by molar-refractivity contribution is 6.33. The van der Waals surface area contributed by atoms with Gasteiger partial charge in [0.25, 0.3) is 5.91 Å². The van der Waals surface area contributed by atoms with Crippen molar-refractivity contribution in [2.75, 3.05) is 26.3 Å². The number of carbonyl (C=O) groups excluding carboxylic acids is 1. The van der Waals surface area contributed by atoms with Gasteiger partial charge in [-0.15, -0.1) is 0 Å². The normalized spacial score (nSPS) is 20.4. The molecule has 2 heterocycles. The highest BCUT2D eigenvalue weighted by Gasteiger charge is 2.25. The molecule has 0 radical (unpaired) electrons. The van der Waals surface area contributed by atoms with Gasteiger partial charge in [-0.1, -0.05) is 11.6 Å². The Kier molecular flexibility index (Phi) is 3.93. The van der Waals surface area contributed by atoms with Crippen LogP contribution in [0.5, 0.6) is 0 Å². The molecule has 17 heavy (non-hydrogen) atoms. The molecule has 92 valence electrons. The zero-order valence-corrected chi connectivity index (χ0v) is 9.93. The van der Waals surface area contributed by atoms with Crippen LogP contribution in [-0.4, -0.2) is 53.3 Å². The van der Waals surface area contributed by atoms with Gasteiger partial charge < -0.3 is 14.7 Å². The van der Waals surface area contributed by atoms with E-state index in [1.54, 1.807) is 11.0 Å². The second-order valence-electron chi connectivity index (χ2n) is 3.78. The number of morpholine rings is 1. The van der Waals surface area contributed by atoms with Crippen molar-refractivity contribution in [1.29, 1.82) is 0 Å². The van der Waals surface area contributed by atoms with Crippen molar-refractivity contribution < 1.29 is 14.6 Å². The molecule has 0 aliphatic carbocycles. The molecule has 1 unspecified atom stereocenters. The number of aromatic nitrogens is 1. The van der Waals surface area contributed by atoms with Gasteiger partial charge in [-0.05, 0) is 6.07 Å². The summed E-state index contributed by atoms with van der Waals surface area (Å²) in [7, 11) is 0. The minimum Gasteiger partial charge on any atom is -0.394 e. The van der Waals surface area contributed by atoms with Crippen LogP contribution in [0.15, 0.2) is 18.5 Å². The van der Waals surface area contributed by atoms with E-state index in [0.29, 0.717) is 30.3 Å². The van der Waals surface area contributed by atoms with Crippen LogP contribution in [0.2, 0.25) is 5.02 Å². The summed E-state index contributed by atoms with van der Waals surface area (Å²) >= 11 is 5.94. The second-order valence-corrected chi connectivity index (χ2v) is 4.19. The smallest absolute Gasteiger partial charge is 0.257 e. The first-order valence-electron chi connectivity index (χ1n) is 5.33. The summed E-state index contributed by atoms with van der Waals surface area (Å²) < 4.78 is 5.28. The van der Waals surface area contributed by atoms with Crippen molar-refractivity contribution in [2.24, 2.45) is 0 Å². The maximum absolute atomic E-state index is 12.1. The molecule has 1 aromatic rings. The number of ether oxygens (including phenoxy) is 1. The Bertz CT molecular complexity index is 413. The van der Waals surface area contributed by atoms with Crippen molar-refractivity contribution >= 4 is 17.5 Å². The Morgan fingerprint density at radius 2 is 2.53 bits per heavy atom. The first-order chi connectivity index (χ1) is 8.22. The van der Waals surface area contributed by atoms with Crippen LogP contribution >= 0.6 is 11.6 Å². The van der Waals surface area contributed by atoms with Gasteiger partial charge >= 0.3 is 0 Å². The van der Waals surface area contributed by atoms with E-state index in [1.165, 1.54) is 12.4 Å². The summed E-state index contributed by atoms with van der Waals surface area (Å²) in [5, 5.41) is 9.40. The van der Waals surface area contributed by atoms with E-state index in [9.17, 15) is 4.79 Å². The SMILES string of the molecule is O=C(c1cnccc1Cl)N1CCOC(CO)C1. The molecule has 1 aromatic heterocycles. The van der Waals surface area contributed by atoms with Crippen LogP contribution in [0.3, 0.4) is 0 Å². The number of nitrogens with zero attached hydrogens (tertiary/aromatic N) is 2. The van der Waals surface area contributed by atoms with Crippen molar-refractivity contribution in [2.45, 2.75) is 6.10 Å². The van der Waals surface area contributed by atoms with E-state index in [0.717, 1.165) is 0 Å². The average molecular weight is 257 g/mol. The fourth-order valence-corrected chi connectivity index (χ4v) is 1.91. The summed E-state index contributed by atoms with van der Waals surface area (Å²) in [6.07, 6.45) is 2.67. The maximum Gasteiger partial charge on any atom is 0.257 e. The molecule has 1 amide bonds. The van der Waals surface area contributed by atoms with Gasteiger partial charge in [-0.25, -0.2) is 0 Å². The molecule has 0 saturated carbocycles. The number of halogens is 1. The molecule has 1 N–H and O–H groups in total. The Hall–Kier alpha value is -1.17. The zero-order chi connectivity index (χ0) is 12.3. The van der Waals surface area contributed by atoms with Gasteiger partial charge in [0.2, 0.25) is 0 Å². The van der Waals surface area contributed by atoms with Gasteiger partial charge in [-0.3, -0.25) is 9.78 Å². The lowest BCUT2D eigenvalue weighted by molar-refractivity contribution is -0.0447. The van der Waals surface area contributed by atoms with Gasteiger partial charge in [0.05, 0.1) is 29.9 Å². The topological polar surface area (TPSA) is 62.7 Å². The van der Waals surface area contributed by atoms with E-state index in [2.05, 4.69) is 4.98 Å². The molecular formula is C11H13ClN2O3. The molecule has 1 aliphatic heterocycles. The van der Waals surface area contributed by atoms with Gasteiger partial charge in [0.1, 0.15) is 0 Å². The van der Waals surface area contributed by atoms with Crippen LogP contribution in [0.1, 0.15) is 10.4 Å². The fraction of sp³-hybridized carbons (Fsp3) is 0.455. The molecule has 1 aliphatic rings. The Morgan fingerprint density at radius 3 is 3.24 bits per heavy atom. The van der Waals surface area contributed by atoms with Crippen LogP contribution in [0.25, 0.3) is 0 Å². The number of rotatable bonds is 2. The minimum atomic E-state index is -0.317. The highest BCUT2D eigenvalue weighted by Crippen LogP contribution is 2.17. The van der Waals surface area contributed by atoms with Gasteiger partial charge in [-0.2, -0.15) is 0 Å². The predicted octanol–water partition coefficient (Wildman–Crippen LogP) is 0.568. The van der Waals surface area contributed by atoms with Gasteiger partial charge in [0.15, 0.2) is 0 Å². The van der Waals surface area contributed by atoms with Crippen molar-refractivity contribution in [3.8, 4) is 0 Å². The lowest BCUT2D eigenvalue weighted by atomic mass is 10.2. The van der Waals surface area contributed by atoms with Crippen LogP contribution in [0.4, 0.5) is 0 Å². The number of hydrogen-bond acceptors (Lipinski definition) is 4. The summed E-state index contributed by atoms with van der Waals surface area (Å²) in [5.41, 5.74) is 0.382. The molecule has 1 fully saturated rings. The number of hydrogen-bond donors (Lipinski definition) is 1. The number of carbonyl (C=O) groups is 1. The third-order valence-corrected chi connectivity index (χ3v) is 2.96. The lowest BCUT2D eigenvalue weighted by Crippen LogP contribution is -2.47. The molecule has 2 rings (SSSR count). The standard InChI is InChI=1S/C11H13ClN2O3/c12-10-1-2-13-5-9(10)11(16)14-3-4-17-8(6-14)7-15/h1-2,5,8,15H,3-4,6-7H2. The van der Waals surface area contributed by atoms with E-state index in [-0.39, 0.29) is 18.6 Å². The predicted molar refractivity (Wildman–Crippen MR) is 62.0 cm³/mol. The van der Waals surface area contributed by atoms with E-state index in [1.807, 2.05) is 0 Å². The van der Waals surface area contributed by atoms with Crippen molar-refractivity contribution in [1.82, 2.24) is 9.88 Å². The Labute approximate surface area is 104 Å². The van der Waals surface area contributed by atoms with E-state index >= 15 is 0 Å². The van der Waals surface area contributed by atoms with E-state index < -0.39 is 0 Å². The lowest BCUT2D eigenvalue weighted by Gasteiger charge is -2.32. The number of aliphatic hydroxyl groups is 1. The first-order valence-corrected chi connectivity index (χ1v) is 5.71. The Balaban J connectivity index is 2.12. The number of pyridine rings is 1. The molecule has 0 aromatic carbocycles. The van der Waals surface area contributed by atoms with Crippen molar-refractivity contribution in [3.63, 3.8) is 0 Å². The zero-order valence-electron chi connectivity index (χ0n) is 9.17. The van der Waals surface area contributed by atoms with Crippen molar-refractivity contribution in [3.05, 3.63) is 29.0 Å². The van der Waals surface area contributed by atoms with Crippen LogP contribution < -0.4 is 0 Å². The number of amides is 1. The molecule has 5 nitrogen and oxygen atoms in total.